The van der Waals surface area contributed by atoms with Crippen LogP contribution in [0.5, 0.6) is 5.75 Å². The van der Waals surface area contributed by atoms with Crippen molar-refractivity contribution in [2.45, 2.75) is 18.9 Å². The first-order chi connectivity index (χ1) is 14.2. The molecule has 1 amide bonds. The number of imidazole rings is 1. The summed E-state index contributed by atoms with van der Waals surface area (Å²) in [7, 11) is 1.56. The van der Waals surface area contributed by atoms with Crippen LogP contribution in [0.1, 0.15) is 29.2 Å². The fraction of sp³-hybridized carbons (Fsp3) is 0.286. The maximum atomic E-state index is 13.1. The van der Waals surface area contributed by atoms with Crippen LogP contribution in [-0.2, 0) is 0 Å². The van der Waals surface area contributed by atoms with Gasteiger partial charge in [0.15, 0.2) is 0 Å². The van der Waals surface area contributed by atoms with Crippen LogP contribution in [0.2, 0.25) is 0 Å². The Kier molecular flexibility index (Phi) is 4.12. The van der Waals surface area contributed by atoms with Gasteiger partial charge in [0.05, 0.1) is 35.9 Å². The summed E-state index contributed by atoms with van der Waals surface area (Å²) in [5.41, 5.74) is 2.64. The number of nitrogens with zero attached hydrogens (tertiary/aromatic N) is 3. The van der Waals surface area contributed by atoms with Crippen molar-refractivity contribution < 1.29 is 9.53 Å². The van der Waals surface area contributed by atoms with Gasteiger partial charge in [-0.25, -0.2) is 9.78 Å². The number of pyridine rings is 1. The van der Waals surface area contributed by atoms with Gasteiger partial charge in [-0.3, -0.25) is 9.36 Å². The van der Waals surface area contributed by atoms with Gasteiger partial charge in [-0.05, 0) is 31.0 Å². The first kappa shape index (κ1) is 17.5. The van der Waals surface area contributed by atoms with Crippen molar-refractivity contribution in [2.24, 2.45) is 0 Å². The fourth-order valence-electron chi connectivity index (χ4n) is 4.31. The number of aromatic nitrogens is 4. The number of nitrogens with one attached hydrogen (secondary N) is 2. The monoisotopic (exact) mass is 391 g/mol. The van der Waals surface area contributed by atoms with E-state index >= 15 is 0 Å². The molecule has 1 aliphatic rings. The average Bonchev–Trinajstić information content (AvgIpc) is 3.36. The smallest absolute Gasteiger partial charge is 0.326 e. The summed E-state index contributed by atoms with van der Waals surface area (Å²) in [6.45, 7) is 1.13. The summed E-state index contributed by atoms with van der Waals surface area (Å²) in [6, 6.07) is 9.05. The van der Waals surface area contributed by atoms with Crippen LogP contribution in [0.4, 0.5) is 0 Å². The van der Waals surface area contributed by atoms with Crippen molar-refractivity contribution in [3.63, 3.8) is 0 Å². The van der Waals surface area contributed by atoms with Gasteiger partial charge in [0.25, 0.3) is 5.91 Å². The third-order valence-electron chi connectivity index (χ3n) is 5.65. The molecule has 148 valence electrons. The van der Waals surface area contributed by atoms with Crippen molar-refractivity contribution in [3.8, 4) is 5.75 Å². The van der Waals surface area contributed by atoms with E-state index in [0.29, 0.717) is 29.9 Å². The number of likely N-dealkylation sites (tertiary alicyclic amines) is 1. The largest absolute Gasteiger partial charge is 0.496 e. The Morgan fingerprint density at radius 3 is 3.00 bits per heavy atom. The number of H-pyrrole nitrogens is 2. The number of aromatic amines is 2. The number of carbonyl (C=O) groups excluding carboxylic acids is 1. The Hall–Kier alpha value is -3.55. The maximum Gasteiger partial charge on any atom is 0.326 e. The predicted octanol–water partition coefficient (Wildman–Crippen LogP) is 2.69. The lowest BCUT2D eigenvalue weighted by Crippen LogP contribution is -2.42. The number of carbonyl (C=O) groups is 1. The SMILES string of the molecule is COc1ccccc1C(=O)N1CCC[C@@H](n2c(=O)[nH]c3cnc4[nH]ccc4c32)C1. The molecule has 2 N–H and O–H groups in total. The zero-order chi connectivity index (χ0) is 20.0. The number of amides is 1. The van der Waals surface area contributed by atoms with E-state index in [1.54, 1.807) is 30.0 Å². The van der Waals surface area contributed by atoms with E-state index in [2.05, 4.69) is 15.0 Å². The highest BCUT2D eigenvalue weighted by Gasteiger charge is 2.29. The van der Waals surface area contributed by atoms with Crippen LogP contribution in [0, 0.1) is 0 Å². The van der Waals surface area contributed by atoms with Gasteiger partial charge in [0.1, 0.15) is 11.4 Å². The van der Waals surface area contributed by atoms with Crippen molar-refractivity contribution in [1.29, 1.82) is 0 Å². The Morgan fingerprint density at radius 2 is 2.14 bits per heavy atom. The van der Waals surface area contributed by atoms with E-state index in [1.807, 2.05) is 29.3 Å². The zero-order valence-corrected chi connectivity index (χ0v) is 16.0. The second-order valence-corrected chi connectivity index (χ2v) is 7.31. The predicted molar refractivity (Wildman–Crippen MR) is 109 cm³/mol. The molecule has 5 rings (SSSR count). The molecule has 1 aliphatic heterocycles. The van der Waals surface area contributed by atoms with Crippen molar-refractivity contribution in [3.05, 3.63) is 58.8 Å². The Bertz CT molecular complexity index is 1270. The standard InChI is InChI=1S/C21H21N5O3/c1-29-17-7-3-2-6-14(17)20(27)25-10-4-5-13(12-25)26-18-15-8-9-22-19(15)23-11-16(18)24-21(26)28/h2-3,6-9,11,13H,4-5,10,12H2,1H3,(H,22,23)(H,24,28)/t13-/m1/s1. The third kappa shape index (κ3) is 2.79. The molecule has 8 heteroatoms. The zero-order valence-electron chi connectivity index (χ0n) is 16.0. The van der Waals surface area contributed by atoms with Crippen LogP contribution >= 0.6 is 0 Å². The molecule has 1 fully saturated rings. The maximum absolute atomic E-state index is 13.1. The average molecular weight is 391 g/mol. The van der Waals surface area contributed by atoms with Gasteiger partial charge in [-0.1, -0.05) is 12.1 Å². The number of para-hydroxylation sites is 1. The minimum absolute atomic E-state index is 0.0755. The van der Waals surface area contributed by atoms with Gasteiger partial charge < -0.3 is 19.6 Å². The summed E-state index contributed by atoms with van der Waals surface area (Å²) in [5.74, 6) is 0.484. The normalized spacial score (nSPS) is 17.1. The number of hydrogen-bond acceptors (Lipinski definition) is 4. The summed E-state index contributed by atoms with van der Waals surface area (Å²) in [6.07, 6.45) is 5.15. The van der Waals surface area contributed by atoms with Gasteiger partial charge in [0.2, 0.25) is 0 Å². The summed E-state index contributed by atoms with van der Waals surface area (Å²) in [5, 5.41) is 0.897. The first-order valence-electron chi connectivity index (χ1n) is 9.66. The molecule has 0 radical (unpaired) electrons. The van der Waals surface area contributed by atoms with Crippen LogP contribution in [0.15, 0.2) is 47.5 Å². The quantitative estimate of drug-likeness (QED) is 0.561. The molecule has 0 unspecified atom stereocenters. The number of fused-ring (bicyclic) bond motifs is 3. The first-order valence-corrected chi connectivity index (χ1v) is 9.66. The number of hydrogen-bond donors (Lipinski definition) is 2. The fourth-order valence-corrected chi connectivity index (χ4v) is 4.31. The number of piperidine rings is 1. The lowest BCUT2D eigenvalue weighted by atomic mass is 10.0. The molecule has 29 heavy (non-hydrogen) atoms. The molecule has 0 spiro atoms. The second kappa shape index (κ2) is 6.80. The van der Waals surface area contributed by atoms with E-state index in [4.69, 9.17) is 4.74 Å². The van der Waals surface area contributed by atoms with E-state index in [9.17, 15) is 9.59 Å². The molecule has 1 atom stereocenters. The molecule has 3 aromatic heterocycles. The Morgan fingerprint density at radius 1 is 1.28 bits per heavy atom. The number of ether oxygens (including phenoxy) is 1. The van der Waals surface area contributed by atoms with Crippen LogP contribution < -0.4 is 10.4 Å². The number of benzene rings is 1. The molecular formula is C21H21N5O3. The van der Waals surface area contributed by atoms with E-state index in [1.165, 1.54) is 0 Å². The van der Waals surface area contributed by atoms with Crippen LogP contribution in [0.25, 0.3) is 22.1 Å². The van der Waals surface area contributed by atoms with Gasteiger partial charge >= 0.3 is 5.69 Å². The van der Waals surface area contributed by atoms with Gasteiger partial charge in [-0.15, -0.1) is 0 Å². The van der Waals surface area contributed by atoms with Crippen LogP contribution in [-0.4, -0.2) is 50.5 Å². The minimum atomic E-state index is -0.174. The summed E-state index contributed by atoms with van der Waals surface area (Å²) in [4.78, 5) is 38.1. The molecule has 8 nitrogen and oxygen atoms in total. The van der Waals surface area contributed by atoms with Gasteiger partial charge in [0, 0.05) is 24.7 Å². The lowest BCUT2D eigenvalue weighted by molar-refractivity contribution is 0.0676. The molecule has 4 heterocycles. The van der Waals surface area contributed by atoms with Crippen molar-refractivity contribution in [1.82, 2.24) is 24.4 Å². The molecule has 1 aromatic carbocycles. The molecule has 0 aliphatic carbocycles. The van der Waals surface area contributed by atoms with E-state index in [-0.39, 0.29) is 17.6 Å². The lowest BCUT2D eigenvalue weighted by Gasteiger charge is -2.33. The highest BCUT2D eigenvalue weighted by atomic mass is 16.5. The molecule has 4 aromatic rings. The number of rotatable bonds is 3. The van der Waals surface area contributed by atoms with Crippen molar-refractivity contribution >= 4 is 28.0 Å². The molecule has 0 bridgehead atoms. The second-order valence-electron chi connectivity index (χ2n) is 7.31. The molecule has 0 saturated carbocycles. The summed E-state index contributed by atoms with van der Waals surface area (Å²) < 4.78 is 7.14. The summed E-state index contributed by atoms with van der Waals surface area (Å²) >= 11 is 0. The van der Waals surface area contributed by atoms with Gasteiger partial charge in [-0.2, -0.15) is 0 Å². The van der Waals surface area contributed by atoms with Crippen molar-refractivity contribution in [2.75, 3.05) is 20.2 Å². The Labute approximate surface area is 166 Å². The number of methoxy groups -OCH3 is 1. The highest BCUT2D eigenvalue weighted by Crippen LogP contribution is 2.29. The Balaban J connectivity index is 1.53. The van der Waals surface area contributed by atoms with E-state index < -0.39 is 0 Å². The van der Waals surface area contributed by atoms with E-state index in [0.717, 1.165) is 29.4 Å². The molecular weight excluding hydrogens is 370 g/mol. The highest BCUT2D eigenvalue weighted by molar-refractivity contribution is 6.01. The molecule has 1 saturated heterocycles. The third-order valence-corrected chi connectivity index (χ3v) is 5.65. The topological polar surface area (TPSA) is 96.0 Å². The minimum Gasteiger partial charge on any atom is -0.496 e. The van der Waals surface area contributed by atoms with Crippen LogP contribution in [0.3, 0.4) is 0 Å².